The molecule has 0 saturated heterocycles. The molecule has 9 nitrogen and oxygen atoms in total. The number of nitrogens with one attached hydrogen (secondary N) is 1. The third-order valence-corrected chi connectivity index (χ3v) is 5.70. The fraction of sp³-hybridized carbons (Fsp3) is 0.360. The second kappa shape index (κ2) is 10.7. The summed E-state index contributed by atoms with van der Waals surface area (Å²) in [7, 11) is 0. The number of hydrogen-bond donors (Lipinski definition) is 3. The molecule has 1 fully saturated rings. The SMILES string of the molecule is CC[C@@H](Oc1ccc(C(=O)C2CC2)cc1)c1noc(-c2ccc(C(=O)NC(CO)CO)c(F)c2)n1. The van der Waals surface area contributed by atoms with Crippen LogP contribution in [0.5, 0.6) is 5.75 Å². The Balaban J connectivity index is 1.45. The molecule has 1 aliphatic carbocycles. The number of carbonyl (C=O) groups excluding carboxylic acids is 2. The summed E-state index contributed by atoms with van der Waals surface area (Å²) in [6.45, 7) is 0.941. The van der Waals surface area contributed by atoms with Gasteiger partial charge >= 0.3 is 0 Å². The smallest absolute Gasteiger partial charge is 0.258 e. The summed E-state index contributed by atoms with van der Waals surface area (Å²) < 4.78 is 25.9. The number of rotatable bonds is 11. The molecule has 3 aromatic rings. The minimum absolute atomic E-state index is 0.0573. The standard InChI is InChI=1S/C25H26FN3O6/c1-2-21(34-18-8-5-15(6-9-18)22(32)14-3-4-14)23-28-25(35-29-23)16-7-10-19(20(26)11-16)24(33)27-17(12-30)13-31/h5-11,14,17,21,30-31H,2-4,12-13H2,1H3,(H,27,33)/t21-/m1/s1. The van der Waals surface area contributed by atoms with Crippen molar-refractivity contribution in [2.24, 2.45) is 5.92 Å². The Hall–Kier alpha value is -3.63. The Bertz CT molecular complexity index is 1190. The monoisotopic (exact) mass is 483 g/mol. The highest BCUT2D eigenvalue weighted by Gasteiger charge is 2.30. The summed E-state index contributed by atoms with van der Waals surface area (Å²) in [5.74, 6) is -0.395. The maximum Gasteiger partial charge on any atom is 0.258 e. The van der Waals surface area contributed by atoms with Crippen LogP contribution in [0, 0.1) is 11.7 Å². The molecule has 1 aromatic heterocycles. The topological polar surface area (TPSA) is 135 Å². The number of ether oxygens (including phenoxy) is 1. The van der Waals surface area contributed by atoms with Crippen molar-refractivity contribution in [3.05, 3.63) is 65.2 Å². The minimum atomic E-state index is -0.888. The summed E-state index contributed by atoms with van der Waals surface area (Å²) in [6, 6.07) is 9.88. The van der Waals surface area contributed by atoms with E-state index in [1.165, 1.54) is 12.1 Å². The van der Waals surface area contributed by atoms with E-state index in [4.69, 9.17) is 19.5 Å². The molecule has 0 unspecified atom stereocenters. The van der Waals surface area contributed by atoms with Gasteiger partial charge in [0.25, 0.3) is 11.8 Å². The van der Waals surface area contributed by atoms with Gasteiger partial charge in [0.15, 0.2) is 11.9 Å². The fourth-order valence-electron chi connectivity index (χ4n) is 3.49. The minimum Gasteiger partial charge on any atom is -0.482 e. The van der Waals surface area contributed by atoms with E-state index in [2.05, 4.69) is 15.5 Å². The number of carbonyl (C=O) groups is 2. The largest absolute Gasteiger partial charge is 0.482 e. The number of aromatic nitrogens is 2. The van der Waals surface area contributed by atoms with E-state index in [9.17, 15) is 14.0 Å². The number of halogens is 1. The van der Waals surface area contributed by atoms with E-state index in [1.54, 1.807) is 24.3 Å². The molecule has 1 heterocycles. The van der Waals surface area contributed by atoms with Gasteiger partial charge in [-0.2, -0.15) is 4.98 Å². The first kappa shape index (κ1) is 24.5. The number of ketones is 1. The molecule has 10 heteroatoms. The maximum absolute atomic E-state index is 14.6. The van der Waals surface area contributed by atoms with E-state index in [0.29, 0.717) is 17.7 Å². The van der Waals surface area contributed by atoms with Gasteiger partial charge in [0.05, 0.1) is 24.8 Å². The lowest BCUT2D eigenvalue weighted by molar-refractivity contribution is 0.0875. The Morgan fingerprint density at radius 2 is 1.89 bits per heavy atom. The maximum atomic E-state index is 14.6. The zero-order valence-corrected chi connectivity index (χ0v) is 19.1. The molecule has 184 valence electrons. The first-order valence-corrected chi connectivity index (χ1v) is 11.4. The van der Waals surface area contributed by atoms with Gasteiger partial charge in [0.1, 0.15) is 11.6 Å². The Labute approximate surface area is 200 Å². The molecule has 0 radical (unpaired) electrons. The molecule has 2 aromatic carbocycles. The van der Waals surface area contributed by atoms with Crippen LogP contribution >= 0.6 is 0 Å². The van der Waals surface area contributed by atoms with Crippen LogP contribution in [-0.2, 0) is 0 Å². The summed E-state index contributed by atoms with van der Waals surface area (Å²) >= 11 is 0. The first-order chi connectivity index (χ1) is 16.9. The highest BCUT2D eigenvalue weighted by Crippen LogP contribution is 2.33. The predicted octanol–water partition coefficient (Wildman–Crippen LogP) is 3.08. The molecule has 1 aliphatic rings. The first-order valence-electron chi connectivity index (χ1n) is 11.4. The van der Waals surface area contributed by atoms with Crippen molar-refractivity contribution in [1.29, 1.82) is 0 Å². The normalized spacial score (nSPS) is 14.1. The molecule has 3 N–H and O–H groups in total. The average molecular weight is 483 g/mol. The van der Waals surface area contributed by atoms with Crippen molar-refractivity contribution in [2.45, 2.75) is 38.3 Å². The lowest BCUT2D eigenvalue weighted by Crippen LogP contribution is -2.40. The van der Waals surface area contributed by atoms with Crippen LogP contribution in [0.25, 0.3) is 11.5 Å². The summed E-state index contributed by atoms with van der Waals surface area (Å²) in [4.78, 5) is 28.7. The van der Waals surface area contributed by atoms with Crippen molar-refractivity contribution < 1.29 is 33.5 Å². The third kappa shape index (κ3) is 5.72. The zero-order valence-electron chi connectivity index (χ0n) is 19.1. The van der Waals surface area contributed by atoms with Gasteiger partial charge in [-0.05, 0) is 61.7 Å². The Kier molecular flexibility index (Phi) is 7.52. The summed E-state index contributed by atoms with van der Waals surface area (Å²) in [5, 5.41) is 24.5. The van der Waals surface area contributed by atoms with Crippen molar-refractivity contribution in [2.75, 3.05) is 13.2 Å². The second-order valence-electron chi connectivity index (χ2n) is 8.37. The van der Waals surface area contributed by atoms with E-state index in [-0.39, 0.29) is 34.5 Å². The fourth-order valence-corrected chi connectivity index (χ4v) is 3.49. The van der Waals surface area contributed by atoms with Crippen LogP contribution < -0.4 is 10.1 Å². The molecule has 0 spiro atoms. The highest BCUT2D eigenvalue weighted by atomic mass is 19.1. The number of aliphatic hydroxyl groups excluding tert-OH is 2. The van der Waals surface area contributed by atoms with Crippen LogP contribution in [0.3, 0.4) is 0 Å². The number of amides is 1. The molecular weight excluding hydrogens is 457 g/mol. The van der Waals surface area contributed by atoms with Gasteiger partial charge in [-0.15, -0.1) is 0 Å². The summed E-state index contributed by atoms with van der Waals surface area (Å²) in [6.07, 6.45) is 1.90. The Morgan fingerprint density at radius 1 is 1.17 bits per heavy atom. The number of Topliss-reactive ketones (excluding diaryl/α,β-unsaturated/α-hetero) is 1. The molecule has 0 aliphatic heterocycles. The average Bonchev–Trinajstić information content (AvgIpc) is 3.62. The molecular formula is C25H26FN3O6. The van der Waals surface area contributed by atoms with Gasteiger partial charge < -0.3 is 24.8 Å². The second-order valence-corrected chi connectivity index (χ2v) is 8.37. The van der Waals surface area contributed by atoms with E-state index in [1.807, 2.05) is 6.92 Å². The molecule has 1 amide bonds. The predicted molar refractivity (Wildman–Crippen MR) is 122 cm³/mol. The van der Waals surface area contributed by atoms with Crippen LogP contribution in [-0.4, -0.2) is 51.3 Å². The lowest BCUT2D eigenvalue weighted by atomic mass is 10.1. The van der Waals surface area contributed by atoms with Crippen molar-refractivity contribution in [3.63, 3.8) is 0 Å². The van der Waals surface area contributed by atoms with Gasteiger partial charge in [-0.3, -0.25) is 9.59 Å². The van der Waals surface area contributed by atoms with Gasteiger partial charge in [-0.1, -0.05) is 12.1 Å². The number of hydrogen-bond acceptors (Lipinski definition) is 8. The van der Waals surface area contributed by atoms with Crippen molar-refractivity contribution >= 4 is 11.7 Å². The van der Waals surface area contributed by atoms with Crippen molar-refractivity contribution in [3.8, 4) is 17.2 Å². The quantitative estimate of drug-likeness (QED) is 0.354. The molecule has 35 heavy (non-hydrogen) atoms. The molecule has 0 bridgehead atoms. The molecule has 1 atom stereocenters. The van der Waals surface area contributed by atoms with E-state index >= 15 is 0 Å². The molecule has 1 saturated carbocycles. The number of benzene rings is 2. The number of aliphatic hydroxyl groups is 2. The van der Waals surface area contributed by atoms with Gasteiger partial charge in [-0.25, -0.2) is 4.39 Å². The summed E-state index contributed by atoms with van der Waals surface area (Å²) in [5.41, 5.74) is 0.687. The molecule has 4 rings (SSSR count). The van der Waals surface area contributed by atoms with Gasteiger partial charge in [0, 0.05) is 17.0 Å². The van der Waals surface area contributed by atoms with Crippen LogP contribution in [0.4, 0.5) is 4.39 Å². The van der Waals surface area contributed by atoms with Crippen LogP contribution in [0.15, 0.2) is 47.0 Å². The number of nitrogens with zero attached hydrogens (tertiary/aromatic N) is 2. The van der Waals surface area contributed by atoms with Crippen LogP contribution in [0.1, 0.15) is 58.8 Å². The highest BCUT2D eigenvalue weighted by molar-refractivity contribution is 5.99. The van der Waals surface area contributed by atoms with E-state index in [0.717, 1.165) is 18.9 Å². The van der Waals surface area contributed by atoms with E-state index < -0.39 is 37.1 Å². The zero-order chi connectivity index (χ0) is 24.9. The lowest BCUT2D eigenvalue weighted by Gasteiger charge is -2.14. The van der Waals surface area contributed by atoms with Crippen LogP contribution in [0.2, 0.25) is 0 Å². The Morgan fingerprint density at radius 3 is 2.49 bits per heavy atom. The third-order valence-electron chi connectivity index (χ3n) is 5.70. The van der Waals surface area contributed by atoms with Crippen molar-refractivity contribution in [1.82, 2.24) is 15.5 Å². The van der Waals surface area contributed by atoms with Gasteiger partial charge in [0.2, 0.25) is 5.82 Å².